The highest BCUT2D eigenvalue weighted by molar-refractivity contribution is 7.86. The van der Waals surface area contributed by atoms with Crippen molar-refractivity contribution >= 4 is 43.3 Å². The molecule has 1 amide bonds. The molecule has 0 saturated carbocycles. The van der Waals surface area contributed by atoms with Crippen LogP contribution >= 0.6 is 0 Å². The third kappa shape index (κ3) is 5.89. The van der Waals surface area contributed by atoms with Crippen molar-refractivity contribution in [3.63, 3.8) is 0 Å². The lowest BCUT2D eigenvalue weighted by atomic mass is 10.2. The van der Waals surface area contributed by atoms with Crippen LogP contribution in [0.1, 0.15) is 26.5 Å². The molecule has 2 aromatic heterocycles. The highest BCUT2D eigenvalue weighted by Gasteiger charge is 2.40. The minimum Gasteiger partial charge on any atom is -0.349 e. The smallest absolute Gasteiger partial charge is 0.280 e. The summed E-state index contributed by atoms with van der Waals surface area (Å²) in [5.41, 5.74) is -0.570. The summed E-state index contributed by atoms with van der Waals surface area (Å²) in [6, 6.07) is 0. The number of aromatic amines is 1. The van der Waals surface area contributed by atoms with Gasteiger partial charge >= 0.3 is 0 Å². The van der Waals surface area contributed by atoms with Crippen molar-refractivity contribution in [1.29, 1.82) is 0 Å². The number of nitrogens with one attached hydrogen (secondary N) is 2. The van der Waals surface area contributed by atoms with Gasteiger partial charge in [-0.05, 0) is 0 Å². The third-order valence-corrected chi connectivity index (χ3v) is 5.59. The molecule has 1 aliphatic heterocycles. The number of rotatable bonds is 8. The van der Waals surface area contributed by atoms with E-state index in [0.29, 0.717) is 0 Å². The normalized spacial score (nSPS) is 22.0. The summed E-state index contributed by atoms with van der Waals surface area (Å²) in [6.07, 6.45) is -0.0744. The summed E-state index contributed by atoms with van der Waals surface area (Å²) in [5.74, 6) is -0.819. The van der Waals surface area contributed by atoms with Crippen LogP contribution in [0.25, 0.3) is 11.2 Å². The lowest BCUT2D eigenvalue weighted by Gasteiger charge is -2.17. The fourth-order valence-electron chi connectivity index (χ4n) is 2.99. The quantitative estimate of drug-likeness (QED) is 0.443. The van der Waals surface area contributed by atoms with Gasteiger partial charge in [-0.3, -0.25) is 32.8 Å². The lowest BCUT2D eigenvalue weighted by Crippen LogP contribution is -2.31. The largest absolute Gasteiger partial charge is 0.349 e. The molecule has 2 aromatic rings. The van der Waals surface area contributed by atoms with Gasteiger partial charge in [0.1, 0.15) is 18.4 Å². The van der Waals surface area contributed by atoms with Crippen LogP contribution in [0.4, 0.5) is 5.95 Å². The van der Waals surface area contributed by atoms with Gasteiger partial charge in [0.15, 0.2) is 11.2 Å². The zero-order chi connectivity index (χ0) is 23.8. The van der Waals surface area contributed by atoms with E-state index in [9.17, 15) is 26.4 Å². The first-order valence-electron chi connectivity index (χ1n) is 9.39. The molecule has 32 heavy (non-hydrogen) atoms. The molecule has 3 rings (SSSR count). The Labute approximate surface area is 183 Å². The lowest BCUT2D eigenvalue weighted by molar-refractivity contribution is -0.118. The van der Waals surface area contributed by atoms with E-state index in [-0.39, 0.29) is 35.4 Å². The second-order valence-corrected chi connectivity index (χ2v) is 10.8. The van der Waals surface area contributed by atoms with E-state index in [4.69, 9.17) is 13.1 Å². The molecule has 1 saturated heterocycles. The Morgan fingerprint density at radius 2 is 2.00 bits per heavy atom. The molecule has 0 aromatic carbocycles. The molecule has 0 radical (unpaired) electrons. The van der Waals surface area contributed by atoms with E-state index in [1.807, 2.05) is 0 Å². The Morgan fingerprint density at radius 1 is 1.31 bits per heavy atom. The topological polar surface area (TPSA) is 189 Å². The molecule has 3 heterocycles. The first-order valence-corrected chi connectivity index (χ1v) is 13.0. The molecular formula is C16H23N5O9S2. The Morgan fingerprint density at radius 3 is 2.59 bits per heavy atom. The van der Waals surface area contributed by atoms with Crippen molar-refractivity contribution in [3.8, 4) is 0 Å². The van der Waals surface area contributed by atoms with Crippen molar-refractivity contribution in [2.24, 2.45) is 5.92 Å². The maximum Gasteiger partial charge on any atom is 0.280 e. The summed E-state index contributed by atoms with van der Waals surface area (Å²) in [6.45, 7) is 2.86. The van der Waals surface area contributed by atoms with Gasteiger partial charge in [0.2, 0.25) is 11.9 Å². The molecule has 1 unspecified atom stereocenters. The Bertz CT molecular complexity index is 1280. The molecule has 14 nitrogen and oxygen atoms in total. The van der Waals surface area contributed by atoms with Crippen LogP contribution in [0.3, 0.4) is 0 Å². The maximum absolute atomic E-state index is 12.4. The number of carbonyl (C=O) groups excluding carboxylic acids is 1. The fraction of sp³-hybridized carbons (Fsp3) is 0.625. The second-order valence-electron chi connectivity index (χ2n) is 7.57. The van der Waals surface area contributed by atoms with Crippen LogP contribution in [0, 0.1) is 5.92 Å². The number of fused-ring (bicyclic) bond motifs is 1. The predicted octanol–water partition coefficient (Wildman–Crippen LogP) is -0.677. The van der Waals surface area contributed by atoms with Crippen LogP contribution in [-0.2, 0) is 38.1 Å². The molecule has 2 N–H and O–H groups in total. The molecule has 16 heteroatoms. The number of ether oxygens (including phenoxy) is 1. The van der Waals surface area contributed by atoms with Gasteiger partial charge in [0.25, 0.3) is 25.8 Å². The highest BCUT2D eigenvalue weighted by atomic mass is 32.2. The van der Waals surface area contributed by atoms with Gasteiger partial charge in [-0.15, -0.1) is 0 Å². The zero-order valence-corrected chi connectivity index (χ0v) is 19.3. The van der Waals surface area contributed by atoms with E-state index in [2.05, 4.69) is 20.3 Å². The Balaban J connectivity index is 1.93. The molecule has 0 aliphatic carbocycles. The second kappa shape index (κ2) is 8.86. The summed E-state index contributed by atoms with van der Waals surface area (Å²) in [7, 11) is -7.71. The zero-order valence-electron chi connectivity index (χ0n) is 17.6. The number of anilines is 1. The minimum atomic E-state index is -3.89. The van der Waals surface area contributed by atoms with Crippen LogP contribution < -0.4 is 10.9 Å². The summed E-state index contributed by atoms with van der Waals surface area (Å²) >= 11 is 0. The van der Waals surface area contributed by atoms with Crippen LogP contribution in [0.15, 0.2) is 11.1 Å². The molecule has 3 atom stereocenters. The van der Waals surface area contributed by atoms with Crippen LogP contribution in [0.5, 0.6) is 0 Å². The van der Waals surface area contributed by atoms with Crippen LogP contribution in [0.2, 0.25) is 0 Å². The van der Waals surface area contributed by atoms with Crippen LogP contribution in [-0.4, -0.2) is 73.6 Å². The molecule has 0 bridgehead atoms. The van der Waals surface area contributed by atoms with Crippen molar-refractivity contribution in [3.05, 3.63) is 16.7 Å². The Kier molecular flexibility index (Phi) is 6.71. The van der Waals surface area contributed by atoms with Crippen molar-refractivity contribution < 1.29 is 34.7 Å². The number of imidazole rings is 1. The number of H-pyrrole nitrogens is 1. The van der Waals surface area contributed by atoms with Crippen molar-refractivity contribution in [1.82, 2.24) is 19.5 Å². The van der Waals surface area contributed by atoms with Crippen molar-refractivity contribution in [2.75, 3.05) is 24.4 Å². The monoisotopic (exact) mass is 493 g/mol. The molecule has 1 aliphatic rings. The number of amides is 1. The van der Waals surface area contributed by atoms with E-state index >= 15 is 0 Å². The number of hydrogen-bond acceptors (Lipinski definition) is 11. The number of nitrogens with zero attached hydrogens (tertiary/aromatic N) is 3. The predicted molar refractivity (Wildman–Crippen MR) is 111 cm³/mol. The summed E-state index contributed by atoms with van der Waals surface area (Å²) < 4.78 is 62.9. The van der Waals surface area contributed by atoms with Gasteiger partial charge in [-0.2, -0.15) is 21.8 Å². The number of aromatic nitrogens is 4. The number of carbonyl (C=O) groups is 1. The molecule has 178 valence electrons. The SMILES string of the molecule is CC(C)C(=O)Nc1nc2c(ncn2[C@H]2CC(OS(C)(=O)=O)[C@@H](COS(C)(=O)=O)O2)c(=O)[nH]1. The fourth-order valence-corrected chi connectivity index (χ4v) is 4.03. The minimum absolute atomic E-state index is 0.0293. The average Bonchev–Trinajstić information content (AvgIpc) is 3.22. The molecular weight excluding hydrogens is 470 g/mol. The Hall–Kier alpha value is -2.40. The van der Waals surface area contributed by atoms with E-state index in [1.54, 1.807) is 13.8 Å². The summed E-state index contributed by atoms with van der Waals surface area (Å²) in [4.78, 5) is 35.0. The average molecular weight is 494 g/mol. The first kappa shape index (κ1) is 24.2. The highest BCUT2D eigenvalue weighted by Crippen LogP contribution is 2.33. The third-order valence-electron chi connectivity index (χ3n) is 4.43. The van der Waals surface area contributed by atoms with E-state index < -0.39 is 50.8 Å². The van der Waals surface area contributed by atoms with Gasteiger partial charge in [-0.1, -0.05) is 13.8 Å². The van der Waals surface area contributed by atoms with Gasteiger partial charge in [0, 0.05) is 12.3 Å². The van der Waals surface area contributed by atoms with Gasteiger partial charge in [-0.25, -0.2) is 4.98 Å². The maximum atomic E-state index is 12.4. The standard InChI is InChI=1S/C16H23N5O9S2/c1-8(2)14(22)19-16-18-13-12(15(23)20-16)17-7-21(13)11-5-9(30-32(4,26)27)10(29-11)6-28-31(3,24)25/h7-11H,5-6H2,1-4H3,(H2,18,19,20,22,23)/t9?,10-,11-/m1/s1. The van der Waals surface area contributed by atoms with E-state index in [1.165, 1.54) is 10.9 Å². The summed E-state index contributed by atoms with van der Waals surface area (Å²) in [5, 5.41) is 2.49. The van der Waals surface area contributed by atoms with Gasteiger partial charge in [0.05, 0.1) is 25.4 Å². The van der Waals surface area contributed by atoms with E-state index in [0.717, 1.165) is 12.5 Å². The van der Waals surface area contributed by atoms with Crippen molar-refractivity contribution in [2.45, 2.75) is 38.7 Å². The molecule has 1 fully saturated rings. The first-order chi connectivity index (χ1) is 14.7. The van der Waals surface area contributed by atoms with Gasteiger partial charge < -0.3 is 4.74 Å². The number of hydrogen-bond donors (Lipinski definition) is 2. The molecule has 0 spiro atoms.